The number of hydrogen-bond donors (Lipinski definition) is 0. The summed E-state index contributed by atoms with van der Waals surface area (Å²) in [6.45, 7) is 8.60. The first-order chi connectivity index (χ1) is 12.6. The maximum atomic E-state index is 12.7. The molecule has 0 fully saturated rings. The zero-order valence-corrected chi connectivity index (χ0v) is 15.3. The molecule has 0 bridgehead atoms. The number of carbonyl (C=O) groups excluding carboxylic acids is 1. The first-order valence-electron chi connectivity index (χ1n) is 8.87. The normalized spacial score (nSPS) is 13.5. The Morgan fingerprint density at radius 3 is 2.96 bits per heavy atom. The highest BCUT2D eigenvalue weighted by atomic mass is 16.5. The van der Waals surface area contributed by atoms with Gasteiger partial charge in [-0.25, -0.2) is 9.36 Å². The van der Waals surface area contributed by atoms with Crippen molar-refractivity contribution in [3.63, 3.8) is 0 Å². The smallest absolute Gasteiger partial charge is 0.221 e. The Kier molecular flexibility index (Phi) is 4.10. The summed E-state index contributed by atoms with van der Waals surface area (Å²) in [6, 6.07) is 1.95. The third-order valence-electron chi connectivity index (χ3n) is 4.85. The van der Waals surface area contributed by atoms with Crippen molar-refractivity contribution in [2.24, 2.45) is 0 Å². The van der Waals surface area contributed by atoms with E-state index in [0.29, 0.717) is 12.3 Å². The number of aromatic nitrogens is 6. The van der Waals surface area contributed by atoms with Crippen molar-refractivity contribution in [1.82, 2.24) is 29.3 Å². The fourth-order valence-electron chi connectivity index (χ4n) is 3.55. The molecule has 0 N–H and O–H groups in total. The summed E-state index contributed by atoms with van der Waals surface area (Å²) in [5.41, 5.74) is 4.31. The summed E-state index contributed by atoms with van der Waals surface area (Å²) in [4.78, 5) is 12.7. The predicted molar refractivity (Wildman–Crippen MR) is 95.3 cm³/mol. The molecule has 0 atom stereocenters. The van der Waals surface area contributed by atoms with Crippen LogP contribution in [0.3, 0.4) is 0 Å². The van der Waals surface area contributed by atoms with Crippen molar-refractivity contribution in [2.45, 2.75) is 46.8 Å². The lowest BCUT2D eigenvalue weighted by atomic mass is 10.1. The average Bonchev–Trinajstić information content (AvgIpc) is 3.32. The number of nitrogens with zero attached hydrogens (tertiary/aromatic N) is 6. The van der Waals surface area contributed by atoms with Gasteiger partial charge in [0, 0.05) is 36.5 Å². The fourth-order valence-corrected chi connectivity index (χ4v) is 3.55. The van der Waals surface area contributed by atoms with Gasteiger partial charge in [-0.2, -0.15) is 5.10 Å². The molecule has 0 aromatic carbocycles. The number of rotatable bonds is 5. The Morgan fingerprint density at radius 2 is 2.19 bits per heavy atom. The minimum absolute atomic E-state index is 0.0301. The molecule has 0 unspecified atom stereocenters. The van der Waals surface area contributed by atoms with Crippen molar-refractivity contribution in [3.8, 4) is 17.1 Å². The van der Waals surface area contributed by atoms with Crippen LogP contribution in [-0.2, 0) is 19.6 Å². The van der Waals surface area contributed by atoms with Gasteiger partial charge in [0.25, 0.3) is 0 Å². The van der Waals surface area contributed by atoms with Crippen molar-refractivity contribution >= 4 is 5.78 Å². The Morgan fingerprint density at radius 1 is 1.35 bits per heavy atom. The van der Waals surface area contributed by atoms with Gasteiger partial charge in [0.1, 0.15) is 12.2 Å². The van der Waals surface area contributed by atoms with Gasteiger partial charge in [-0.15, -0.1) is 5.10 Å². The van der Waals surface area contributed by atoms with Gasteiger partial charge in [0.15, 0.2) is 5.78 Å². The highest BCUT2D eigenvalue weighted by Crippen LogP contribution is 2.30. The Bertz CT molecular complexity index is 965. The van der Waals surface area contributed by atoms with Gasteiger partial charge >= 0.3 is 0 Å². The molecule has 3 aromatic rings. The summed E-state index contributed by atoms with van der Waals surface area (Å²) < 4.78 is 11.2. The lowest BCUT2D eigenvalue weighted by Crippen LogP contribution is -2.14. The van der Waals surface area contributed by atoms with E-state index in [-0.39, 0.29) is 12.3 Å². The summed E-state index contributed by atoms with van der Waals surface area (Å²) in [5.74, 6) is 0.753. The lowest BCUT2D eigenvalue weighted by molar-refractivity contribution is 0.0966. The molecule has 3 aromatic heterocycles. The molecule has 26 heavy (non-hydrogen) atoms. The van der Waals surface area contributed by atoms with E-state index in [4.69, 9.17) is 4.74 Å². The van der Waals surface area contributed by atoms with Gasteiger partial charge in [-0.1, -0.05) is 5.21 Å². The fraction of sp³-hybridized carbons (Fsp3) is 0.444. The maximum Gasteiger partial charge on any atom is 0.221 e. The van der Waals surface area contributed by atoms with E-state index < -0.39 is 0 Å². The second-order valence-electron chi connectivity index (χ2n) is 6.54. The number of ether oxygens (including phenoxy) is 1. The van der Waals surface area contributed by atoms with Gasteiger partial charge in [-0.05, 0) is 26.8 Å². The minimum atomic E-state index is 0.0301. The molecule has 0 radical (unpaired) electrons. The molecular formula is C18H22N6O2. The zero-order valence-electron chi connectivity index (χ0n) is 15.3. The summed E-state index contributed by atoms with van der Waals surface area (Å²) in [6.07, 6.45) is 4.46. The number of fused-ring (bicyclic) bond motifs is 1. The van der Waals surface area contributed by atoms with Gasteiger partial charge in [0.05, 0.1) is 24.6 Å². The molecule has 0 spiro atoms. The minimum Gasteiger partial charge on any atom is -0.477 e. The Hall–Kier alpha value is -2.90. The molecule has 1 aliphatic heterocycles. The van der Waals surface area contributed by atoms with E-state index in [1.165, 1.54) is 0 Å². The molecular weight excluding hydrogens is 332 g/mol. The van der Waals surface area contributed by atoms with E-state index in [9.17, 15) is 4.79 Å². The quantitative estimate of drug-likeness (QED) is 0.657. The van der Waals surface area contributed by atoms with E-state index in [1.54, 1.807) is 17.1 Å². The van der Waals surface area contributed by atoms with Crippen LogP contribution in [0.25, 0.3) is 11.3 Å². The maximum absolute atomic E-state index is 12.7. The Labute approximate surface area is 151 Å². The van der Waals surface area contributed by atoms with Crippen LogP contribution in [-0.4, -0.2) is 41.7 Å². The Balaban J connectivity index is 1.56. The standard InChI is InChI=1S/C18H22N6O2/c1-4-23-12(2)8-14(13(23)3)17(25)11-22-10-16(20-21-22)15-9-19-24-6-5-7-26-18(15)24/h8-10H,4-7,11H2,1-3H3. The van der Waals surface area contributed by atoms with Crippen LogP contribution >= 0.6 is 0 Å². The van der Waals surface area contributed by atoms with E-state index in [1.807, 2.05) is 24.6 Å². The van der Waals surface area contributed by atoms with Crippen LogP contribution in [0.5, 0.6) is 5.88 Å². The molecule has 8 heteroatoms. The molecule has 4 heterocycles. The molecule has 0 amide bonds. The lowest BCUT2D eigenvalue weighted by Gasteiger charge is -2.15. The number of ketones is 1. The molecule has 0 aliphatic carbocycles. The third-order valence-corrected chi connectivity index (χ3v) is 4.85. The molecule has 1 aliphatic rings. The topological polar surface area (TPSA) is 79.8 Å². The zero-order chi connectivity index (χ0) is 18.3. The van der Waals surface area contributed by atoms with Gasteiger partial charge < -0.3 is 9.30 Å². The predicted octanol–water partition coefficient (Wildman–Crippen LogP) is 2.25. The van der Waals surface area contributed by atoms with Gasteiger partial charge in [0.2, 0.25) is 5.88 Å². The molecule has 0 saturated heterocycles. The van der Waals surface area contributed by atoms with Crippen molar-refractivity contribution in [1.29, 1.82) is 0 Å². The second kappa shape index (κ2) is 6.44. The van der Waals surface area contributed by atoms with Crippen molar-refractivity contribution < 1.29 is 9.53 Å². The van der Waals surface area contributed by atoms with Crippen molar-refractivity contribution in [2.75, 3.05) is 6.61 Å². The van der Waals surface area contributed by atoms with Crippen LogP contribution in [0.15, 0.2) is 18.5 Å². The molecule has 8 nitrogen and oxygen atoms in total. The first-order valence-corrected chi connectivity index (χ1v) is 8.87. The number of carbonyl (C=O) groups is 1. The van der Waals surface area contributed by atoms with Crippen LogP contribution in [0.4, 0.5) is 0 Å². The van der Waals surface area contributed by atoms with E-state index >= 15 is 0 Å². The largest absolute Gasteiger partial charge is 0.477 e. The third kappa shape index (κ3) is 2.71. The van der Waals surface area contributed by atoms with Crippen molar-refractivity contribution in [3.05, 3.63) is 35.4 Å². The highest BCUT2D eigenvalue weighted by molar-refractivity contribution is 5.97. The average molecular weight is 354 g/mol. The summed E-state index contributed by atoms with van der Waals surface area (Å²) in [5, 5.41) is 12.6. The first kappa shape index (κ1) is 16.6. The second-order valence-corrected chi connectivity index (χ2v) is 6.54. The van der Waals surface area contributed by atoms with Crippen LogP contribution < -0.4 is 4.74 Å². The summed E-state index contributed by atoms with van der Waals surface area (Å²) in [7, 11) is 0. The number of aryl methyl sites for hydroxylation is 2. The SMILES string of the molecule is CCn1c(C)cc(C(=O)Cn2cc(-c3cnn4c3OCCC4)nn2)c1C. The van der Waals surface area contributed by atoms with E-state index in [0.717, 1.165) is 47.9 Å². The van der Waals surface area contributed by atoms with Crippen LogP contribution in [0.2, 0.25) is 0 Å². The monoisotopic (exact) mass is 354 g/mol. The van der Waals surface area contributed by atoms with Crippen LogP contribution in [0, 0.1) is 13.8 Å². The molecule has 4 rings (SSSR count). The number of hydrogen-bond acceptors (Lipinski definition) is 5. The molecule has 136 valence electrons. The van der Waals surface area contributed by atoms with E-state index in [2.05, 4.69) is 26.9 Å². The highest BCUT2D eigenvalue weighted by Gasteiger charge is 2.21. The number of Topliss-reactive ketones (excluding diaryl/α,β-unsaturated/α-hetero) is 1. The van der Waals surface area contributed by atoms with Gasteiger partial charge in [-0.3, -0.25) is 4.79 Å². The molecule has 0 saturated carbocycles. The van der Waals surface area contributed by atoms with Crippen LogP contribution in [0.1, 0.15) is 35.1 Å². The summed E-state index contributed by atoms with van der Waals surface area (Å²) >= 11 is 0.